The number of carboxylic acids is 1. The number of methoxy groups -OCH3 is 1. The van der Waals surface area contributed by atoms with Crippen LogP contribution < -0.4 is 5.32 Å². The number of non-ortho nitro benzene ring substituents is 1. The lowest BCUT2D eigenvalue weighted by molar-refractivity contribution is -0.384. The summed E-state index contributed by atoms with van der Waals surface area (Å²) in [5.74, 6) is -1.66. The minimum absolute atomic E-state index is 0.0384. The van der Waals surface area contributed by atoms with Crippen LogP contribution in [0.4, 0.5) is 5.69 Å². The molecule has 124 valence electrons. The Labute approximate surface area is 132 Å². The number of ether oxygens (including phenoxy) is 1. The van der Waals surface area contributed by atoms with E-state index in [-0.39, 0.29) is 23.1 Å². The number of rotatable bonds is 6. The molecule has 1 aromatic carbocycles. The van der Waals surface area contributed by atoms with Crippen LogP contribution in [0.2, 0.25) is 0 Å². The molecule has 8 heteroatoms. The molecule has 0 aromatic heterocycles. The van der Waals surface area contributed by atoms with Gasteiger partial charge in [0.1, 0.15) is 0 Å². The highest BCUT2D eigenvalue weighted by Gasteiger charge is 2.27. The van der Waals surface area contributed by atoms with Crippen LogP contribution in [-0.2, 0) is 4.74 Å². The summed E-state index contributed by atoms with van der Waals surface area (Å²) in [6.07, 6.45) is 3.00. The van der Waals surface area contributed by atoms with Crippen molar-refractivity contribution in [2.45, 2.75) is 25.4 Å². The zero-order valence-electron chi connectivity index (χ0n) is 12.7. The standard InChI is InChI=1S/C15H18N2O6/c1-23-13-4-2-3-9(13)8-16-14(18)10-5-11(15(19)20)7-12(6-10)17(21)22/h5-7,9,13H,2-4,8H2,1H3,(H,16,18)(H,19,20). The van der Waals surface area contributed by atoms with Crippen molar-refractivity contribution in [1.29, 1.82) is 0 Å². The zero-order chi connectivity index (χ0) is 17.0. The quantitative estimate of drug-likeness (QED) is 0.609. The third kappa shape index (κ3) is 4.04. The summed E-state index contributed by atoms with van der Waals surface area (Å²) in [7, 11) is 1.63. The average Bonchev–Trinajstić information content (AvgIpc) is 2.99. The maximum Gasteiger partial charge on any atom is 0.335 e. The van der Waals surface area contributed by atoms with Gasteiger partial charge in [0.05, 0.1) is 16.6 Å². The van der Waals surface area contributed by atoms with Crippen LogP contribution in [0.1, 0.15) is 40.0 Å². The number of carbonyl (C=O) groups excluding carboxylic acids is 1. The summed E-state index contributed by atoms with van der Waals surface area (Å²) in [5, 5.41) is 22.6. The fraction of sp³-hybridized carbons (Fsp3) is 0.467. The van der Waals surface area contributed by atoms with Gasteiger partial charge in [-0.05, 0) is 18.9 Å². The molecule has 1 aliphatic rings. The summed E-state index contributed by atoms with van der Waals surface area (Å²) in [5.41, 5.74) is -0.755. The van der Waals surface area contributed by atoms with Gasteiger partial charge in [-0.25, -0.2) is 4.79 Å². The molecule has 0 bridgehead atoms. The van der Waals surface area contributed by atoms with E-state index in [9.17, 15) is 19.7 Å². The molecule has 2 atom stereocenters. The molecule has 0 heterocycles. The molecule has 0 radical (unpaired) electrons. The number of amides is 1. The molecule has 8 nitrogen and oxygen atoms in total. The van der Waals surface area contributed by atoms with Crippen molar-refractivity contribution in [3.63, 3.8) is 0 Å². The molecule has 1 aliphatic carbocycles. The van der Waals surface area contributed by atoms with Crippen molar-refractivity contribution in [2.75, 3.05) is 13.7 Å². The first-order valence-corrected chi connectivity index (χ1v) is 7.26. The molecule has 23 heavy (non-hydrogen) atoms. The van der Waals surface area contributed by atoms with Gasteiger partial charge in [0.25, 0.3) is 11.6 Å². The van der Waals surface area contributed by atoms with Gasteiger partial charge in [0.15, 0.2) is 0 Å². The number of aromatic carboxylic acids is 1. The molecule has 1 fully saturated rings. The summed E-state index contributed by atoms with van der Waals surface area (Å²) in [6, 6.07) is 3.13. The Bertz CT molecular complexity index is 598. The van der Waals surface area contributed by atoms with Crippen molar-refractivity contribution in [2.24, 2.45) is 5.92 Å². The van der Waals surface area contributed by atoms with E-state index in [0.29, 0.717) is 6.54 Å². The molecule has 0 saturated heterocycles. The molecule has 2 unspecified atom stereocenters. The first-order chi connectivity index (χ1) is 10.9. The number of nitro groups is 1. The smallest absolute Gasteiger partial charge is 0.335 e. The molecule has 0 aliphatic heterocycles. The highest BCUT2D eigenvalue weighted by Crippen LogP contribution is 2.27. The molecule has 2 rings (SSSR count). The topological polar surface area (TPSA) is 119 Å². The minimum atomic E-state index is -1.32. The number of nitro benzene ring substituents is 1. The SMILES string of the molecule is COC1CCCC1CNC(=O)c1cc(C(=O)O)cc([N+](=O)[O-])c1. The average molecular weight is 322 g/mol. The molecule has 0 spiro atoms. The van der Waals surface area contributed by atoms with Gasteiger partial charge in [0, 0.05) is 37.3 Å². The van der Waals surface area contributed by atoms with Crippen molar-refractivity contribution >= 4 is 17.6 Å². The van der Waals surface area contributed by atoms with Crippen LogP contribution in [0.25, 0.3) is 0 Å². The Morgan fingerprint density at radius 1 is 1.35 bits per heavy atom. The van der Waals surface area contributed by atoms with Crippen molar-refractivity contribution in [3.8, 4) is 0 Å². The van der Waals surface area contributed by atoms with E-state index in [2.05, 4.69) is 5.32 Å². The predicted molar refractivity (Wildman–Crippen MR) is 80.5 cm³/mol. The fourth-order valence-corrected chi connectivity index (χ4v) is 2.84. The normalized spacial score (nSPS) is 20.2. The number of hydrogen-bond acceptors (Lipinski definition) is 5. The maximum atomic E-state index is 12.2. The van der Waals surface area contributed by atoms with E-state index in [0.717, 1.165) is 37.5 Å². The molecule has 1 aromatic rings. The van der Waals surface area contributed by atoms with E-state index < -0.39 is 22.5 Å². The van der Waals surface area contributed by atoms with Crippen LogP contribution in [0.15, 0.2) is 18.2 Å². The first-order valence-electron chi connectivity index (χ1n) is 7.26. The molecule has 2 N–H and O–H groups in total. The predicted octanol–water partition coefficient (Wildman–Crippen LogP) is 1.84. The van der Waals surface area contributed by atoms with Crippen molar-refractivity contribution in [3.05, 3.63) is 39.4 Å². The summed E-state index contributed by atoms with van der Waals surface area (Å²) in [4.78, 5) is 33.3. The van der Waals surface area contributed by atoms with Crippen LogP contribution in [0.3, 0.4) is 0 Å². The number of nitrogens with zero attached hydrogens (tertiary/aromatic N) is 1. The lowest BCUT2D eigenvalue weighted by Gasteiger charge is -2.18. The van der Waals surface area contributed by atoms with E-state index in [4.69, 9.17) is 9.84 Å². The number of benzene rings is 1. The second kappa shape index (κ2) is 7.19. The minimum Gasteiger partial charge on any atom is -0.478 e. The molecule has 1 saturated carbocycles. The highest BCUT2D eigenvalue weighted by atomic mass is 16.6. The second-order valence-electron chi connectivity index (χ2n) is 5.51. The van der Waals surface area contributed by atoms with Gasteiger partial charge in [0.2, 0.25) is 0 Å². The Morgan fingerprint density at radius 2 is 2.04 bits per heavy atom. The second-order valence-corrected chi connectivity index (χ2v) is 5.51. The maximum absolute atomic E-state index is 12.2. The molecular formula is C15H18N2O6. The third-order valence-electron chi connectivity index (χ3n) is 4.05. The van der Waals surface area contributed by atoms with Crippen molar-refractivity contribution in [1.82, 2.24) is 5.32 Å². The zero-order valence-corrected chi connectivity index (χ0v) is 12.7. The largest absolute Gasteiger partial charge is 0.478 e. The fourth-order valence-electron chi connectivity index (χ4n) is 2.84. The van der Waals surface area contributed by atoms with Crippen LogP contribution >= 0.6 is 0 Å². The number of nitrogens with one attached hydrogen (secondary N) is 1. The van der Waals surface area contributed by atoms with Gasteiger partial charge >= 0.3 is 5.97 Å². The Hall–Kier alpha value is -2.48. The summed E-state index contributed by atoms with van der Waals surface area (Å²) < 4.78 is 5.34. The van der Waals surface area contributed by atoms with E-state index in [1.165, 1.54) is 0 Å². The Balaban J connectivity index is 2.12. The first kappa shape index (κ1) is 16.9. The Morgan fingerprint density at radius 3 is 2.65 bits per heavy atom. The lowest BCUT2D eigenvalue weighted by Crippen LogP contribution is -2.33. The molecule has 1 amide bonds. The van der Waals surface area contributed by atoms with E-state index >= 15 is 0 Å². The van der Waals surface area contributed by atoms with E-state index in [1.807, 2.05) is 0 Å². The van der Waals surface area contributed by atoms with Crippen LogP contribution in [-0.4, -0.2) is 41.7 Å². The van der Waals surface area contributed by atoms with Crippen LogP contribution in [0, 0.1) is 16.0 Å². The summed E-state index contributed by atoms with van der Waals surface area (Å²) in [6.45, 7) is 0.391. The van der Waals surface area contributed by atoms with E-state index in [1.54, 1.807) is 7.11 Å². The summed E-state index contributed by atoms with van der Waals surface area (Å²) >= 11 is 0. The number of hydrogen-bond donors (Lipinski definition) is 2. The van der Waals surface area contributed by atoms with Gasteiger partial charge in [-0.2, -0.15) is 0 Å². The Kier molecular flexibility index (Phi) is 5.28. The van der Waals surface area contributed by atoms with Gasteiger partial charge < -0.3 is 15.2 Å². The molecular weight excluding hydrogens is 304 g/mol. The van der Waals surface area contributed by atoms with Crippen molar-refractivity contribution < 1.29 is 24.4 Å². The number of carboxylic acid groups (broad SMARTS) is 1. The van der Waals surface area contributed by atoms with Crippen LogP contribution in [0.5, 0.6) is 0 Å². The number of carbonyl (C=O) groups is 2. The van der Waals surface area contributed by atoms with Gasteiger partial charge in [-0.3, -0.25) is 14.9 Å². The monoisotopic (exact) mass is 322 g/mol. The third-order valence-corrected chi connectivity index (χ3v) is 4.05. The van der Waals surface area contributed by atoms with Gasteiger partial charge in [-0.1, -0.05) is 6.42 Å². The lowest BCUT2D eigenvalue weighted by atomic mass is 10.1. The van der Waals surface area contributed by atoms with Gasteiger partial charge in [-0.15, -0.1) is 0 Å². The highest BCUT2D eigenvalue weighted by molar-refractivity contribution is 5.98.